The van der Waals surface area contributed by atoms with Crippen molar-refractivity contribution >= 4 is 11.3 Å². The Balaban J connectivity index is 1.65. The lowest BCUT2D eigenvalue weighted by atomic mass is 10.1. The van der Waals surface area contributed by atoms with Crippen LogP contribution in [0.25, 0.3) is 16.6 Å². The fraction of sp³-hybridized carbons (Fsp3) is 0.429. The largest absolute Gasteiger partial charge is 0.489 e. The van der Waals surface area contributed by atoms with Crippen LogP contribution in [0, 0.1) is 0 Å². The fourth-order valence-electron chi connectivity index (χ4n) is 3.47. The van der Waals surface area contributed by atoms with Gasteiger partial charge in [-0.25, -0.2) is 9.50 Å². The number of aromatic nitrogens is 3. The summed E-state index contributed by atoms with van der Waals surface area (Å²) in [6.07, 6.45) is 5.50. The van der Waals surface area contributed by atoms with Gasteiger partial charge in [0, 0.05) is 43.0 Å². The van der Waals surface area contributed by atoms with E-state index in [1.54, 1.807) is 24.6 Å². The highest BCUT2D eigenvalue weighted by atomic mass is 16.5. The Morgan fingerprint density at radius 3 is 2.89 bits per heavy atom. The molecular formula is C21H27N5O2. The summed E-state index contributed by atoms with van der Waals surface area (Å²) in [6, 6.07) is 8.55. The Kier molecular flexibility index (Phi) is 4.95. The van der Waals surface area contributed by atoms with Gasteiger partial charge in [0.1, 0.15) is 18.2 Å². The third kappa shape index (κ3) is 3.95. The van der Waals surface area contributed by atoms with E-state index in [1.807, 2.05) is 24.5 Å². The zero-order valence-electron chi connectivity index (χ0n) is 16.6. The molecule has 28 heavy (non-hydrogen) atoms. The molecule has 4 rings (SSSR count). The third-order valence-electron chi connectivity index (χ3n) is 4.93. The second-order valence-electron chi connectivity index (χ2n) is 8.00. The maximum Gasteiger partial charge on any atom is 0.138 e. The zero-order valence-corrected chi connectivity index (χ0v) is 16.6. The molecule has 2 N–H and O–H groups in total. The van der Waals surface area contributed by atoms with Crippen molar-refractivity contribution in [1.29, 1.82) is 0 Å². The summed E-state index contributed by atoms with van der Waals surface area (Å²) < 4.78 is 7.59. The van der Waals surface area contributed by atoms with E-state index in [0.717, 1.165) is 42.1 Å². The van der Waals surface area contributed by atoms with Crippen molar-refractivity contribution in [2.75, 3.05) is 31.1 Å². The first-order valence-corrected chi connectivity index (χ1v) is 9.67. The molecule has 1 aliphatic heterocycles. The van der Waals surface area contributed by atoms with Crippen LogP contribution < -0.4 is 15.0 Å². The van der Waals surface area contributed by atoms with E-state index in [1.165, 1.54) is 0 Å². The monoisotopic (exact) mass is 381 g/mol. The van der Waals surface area contributed by atoms with Crippen LogP contribution in [0.4, 0.5) is 5.82 Å². The van der Waals surface area contributed by atoms with Crippen molar-refractivity contribution in [3.05, 3.63) is 42.9 Å². The molecule has 0 bridgehead atoms. The third-order valence-corrected chi connectivity index (χ3v) is 4.93. The number of hydrogen-bond acceptors (Lipinski definition) is 6. The van der Waals surface area contributed by atoms with E-state index in [4.69, 9.17) is 9.72 Å². The first-order valence-electron chi connectivity index (χ1n) is 9.67. The number of hydrogen-bond donors (Lipinski definition) is 2. The Morgan fingerprint density at radius 2 is 2.18 bits per heavy atom. The molecule has 0 saturated carbocycles. The number of aliphatic hydroxyl groups is 1. The van der Waals surface area contributed by atoms with Crippen LogP contribution in [-0.2, 0) is 0 Å². The Bertz CT molecular complexity index is 946. The predicted octanol–water partition coefficient (Wildman–Crippen LogP) is 2.34. The van der Waals surface area contributed by atoms with Crippen molar-refractivity contribution in [2.24, 2.45) is 0 Å². The SMILES string of the molecule is C[C@@H]1CNCCN1c1ccc(-c2cc(OCC(C)(C)O)cn3nccc23)cn1. The van der Waals surface area contributed by atoms with E-state index < -0.39 is 5.60 Å². The van der Waals surface area contributed by atoms with Gasteiger partial charge in [0.15, 0.2) is 0 Å². The van der Waals surface area contributed by atoms with Crippen LogP contribution in [0.1, 0.15) is 20.8 Å². The minimum atomic E-state index is -0.900. The van der Waals surface area contributed by atoms with Gasteiger partial charge in [0.2, 0.25) is 0 Å². The van der Waals surface area contributed by atoms with Gasteiger partial charge in [-0.15, -0.1) is 0 Å². The molecule has 0 amide bonds. The lowest BCUT2D eigenvalue weighted by molar-refractivity contribution is 0.0283. The summed E-state index contributed by atoms with van der Waals surface area (Å²) in [7, 11) is 0. The zero-order chi connectivity index (χ0) is 19.7. The first kappa shape index (κ1) is 18.7. The smallest absolute Gasteiger partial charge is 0.138 e. The van der Waals surface area contributed by atoms with E-state index in [2.05, 4.69) is 34.4 Å². The van der Waals surface area contributed by atoms with Gasteiger partial charge >= 0.3 is 0 Å². The lowest BCUT2D eigenvalue weighted by Gasteiger charge is -2.34. The molecule has 1 saturated heterocycles. The van der Waals surface area contributed by atoms with Gasteiger partial charge in [-0.1, -0.05) is 0 Å². The normalized spacial score (nSPS) is 17.9. The molecule has 3 aromatic heterocycles. The predicted molar refractivity (Wildman–Crippen MR) is 110 cm³/mol. The Labute approximate surface area is 165 Å². The quantitative estimate of drug-likeness (QED) is 0.707. The number of anilines is 1. The van der Waals surface area contributed by atoms with Crippen LogP contribution >= 0.6 is 0 Å². The fourth-order valence-corrected chi connectivity index (χ4v) is 3.47. The molecule has 0 aliphatic carbocycles. The minimum Gasteiger partial charge on any atom is -0.489 e. The number of nitrogens with one attached hydrogen (secondary N) is 1. The molecule has 7 heteroatoms. The second kappa shape index (κ2) is 7.41. The Hall–Kier alpha value is -2.64. The van der Waals surface area contributed by atoms with Crippen molar-refractivity contribution in [1.82, 2.24) is 19.9 Å². The maximum absolute atomic E-state index is 9.95. The topological polar surface area (TPSA) is 74.9 Å². The van der Waals surface area contributed by atoms with Gasteiger partial charge < -0.3 is 20.1 Å². The van der Waals surface area contributed by atoms with E-state index in [-0.39, 0.29) is 6.61 Å². The average molecular weight is 381 g/mol. The molecule has 3 aromatic rings. The van der Waals surface area contributed by atoms with Gasteiger partial charge in [-0.05, 0) is 45.0 Å². The molecule has 1 atom stereocenters. The van der Waals surface area contributed by atoms with Gasteiger partial charge in [-0.3, -0.25) is 0 Å². The second-order valence-corrected chi connectivity index (χ2v) is 8.00. The highest BCUT2D eigenvalue weighted by molar-refractivity contribution is 5.81. The van der Waals surface area contributed by atoms with Crippen molar-refractivity contribution < 1.29 is 9.84 Å². The van der Waals surface area contributed by atoms with Gasteiger partial charge in [0.05, 0.1) is 23.5 Å². The highest BCUT2D eigenvalue weighted by Crippen LogP contribution is 2.30. The van der Waals surface area contributed by atoms with Crippen LogP contribution in [0.3, 0.4) is 0 Å². The van der Waals surface area contributed by atoms with Crippen LogP contribution in [-0.4, -0.2) is 57.6 Å². The number of piperazine rings is 1. The number of fused-ring (bicyclic) bond motifs is 1. The average Bonchev–Trinajstić information content (AvgIpc) is 3.14. The summed E-state index contributed by atoms with van der Waals surface area (Å²) >= 11 is 0. The number of rotatable bonds is 5. The molecule has 0 radical (unpaired) electrons. The maximum atomic E-state index is 9.95. The standard InChI is InChI=1S/C21H27N5O2/c1-15-11-22-8-9-25(15)20-5-4-16(12-23-20)18-10-17(28-14-21(2,3)27)13-26-19(18)6-7-24-26/h4-7,10,12-13,15,22,27H,8-9,11,14H2,1-3H3/t15-/m1/s1. The molecule has 4 heterocycles. The minimum absolute atomic E-state index is 0.206. The van der Waals surface area contributed by atoms with Crippen LogP contribution in [0.5, 0.6) is 5.75 Å². The molecule has 7 nitrogen and oxygen atoms in total. The summed E-state index contributed by atoms with van der Waals surface area (Å²) in [5, 5.41) is 17.7. The summed E-state index contributed by atoms with van der Waals surface area (Å²) in [5.74, 6) is 1.66. The van der Waals surface area contributed by atoms with Crippen molar-refractivity contribution in [2.45, 2.75) is 32.4 Å². The lowest BCUT2D eigenvalue weighted by Crippen LogP contribution is -2.50. The van der Waals surface area contributed by atoms with Crippen LogP contribution in [0.15, 0.2) is 42.9 Å². The number of nitrogens with zero attached hydrogens (tertiary/aromatic N) is 4. The van der Waals surface area contributed by atoms with Crippen molar-refractivity contribution in [3.8, 4) is 16.9 Å². The molecule has 0 aromatic carbocycles. The summed E-state index contributed by atoms with van der Waals surface area (Å²) in [6.45, 7) is 8.77. The van der Waals surface area contributed by atoms with E-state index >= 15 is 0 Å². The molecule has 1 aliphatic rings. The number of ether oxygens (including phenoxy) is 1. The molecule has 148 valence electrons. The Morgan fingerprint density at radius 1 is 1.32 bits per heavy atom. The molecule has 0 unspecified atom stereocenters. The van der Waals surface area contributed by atoms with Gasteiger partial charge in [-0.2, -0.15) is 5.10 Å². The first-order chi connectivity index (χ1) is 13.4. The van der Waals surface area contributed by atoms with Crippen LogP contribution in [0.2, 0.25) is 0 Å². The van der Waals surface area contributed by atoms with Crippen molar-refractivity contribution in [3.63, 3.8) is 0 Å². The summed E-state index contributed by atoms with van der Waals surface area (Å²) in [4.78, 5) is 7.05. The van der Waals surface area contributed by atoms with Gasteiger partial charge in [0.25, 0.3) is 0 Å². The molecule has 1 fully saturated rings. The van der Waals surface area contributed by atoms with E-state index in [0.29, 0.717) is 11.8 Å². The molecular weight excluding hydrogens is 354 g/mol. The molecule has 0 spiro atoms. The van der Waals surface area contributed by atoms with E-state index in [9.17, 15) is 5.11 Å². The highest BCUT2D eigenvalue weighted by Gasteiger charge is 2.19. The summed E-state index contributed by atoms with van der Waals surface area (Å²) in [5.41, 5.74) is 2.09. The number of pyridine rings is 2.